The van der Waals surface area contributed by atoms with Crippen LogP contribution in [0.1, 0.15) is 129 Å². The van der Waals surface area contributed by atoms with E-state index in [4.69, 9.17) is 0 Å². The van der Waals surface area contributed by atoms with Crippen molar-refractivity contribution in [2.45, 2.75) is 117 Å². The van der Waals surface area contributed by atoms with Crippen LogP contribution < -0.4 is 4.90 Å². The normalized spacial score (nSPS) is 15.5. The van der Waals surface area contributed by atoms with Gasteiger partial charge in [0.05, 0.1) is 10.4 Å². The van der Waals surface area contributed by atoms with Crippen molar-refractivity contribution in [3.05, 3.63) is 148 Å². The lowest BCUT2D eigenvalue weighted by Gasteiger charge is -2.30. The molecule has 0 atom stereocenters. The molecule has 0 N–H and O–H groups in total. The van der Waals surface area contributed by atoms with Crippen LogP contribution >= 0.6 is 11.3 Å². The first-order chi connectivity index (χ1) is 26.2. The highest BCUT2D eigenvalue weighted by atomic mass is 32.1. The maximum atomic E-state index is 2.57. The lowest BCUT2D eigenvalue weighted by Crippen LogP contribution is -2.18. The highest BCUT2D eigenvalue weighted by molar-refractivity contribution is 7.26. The van der Waals surface area contributed by atoms with Crippen molar-refractivity contribution in [1.29, 1.82) is 0 Å². The maximum absolute atomic E-state index is 2.57. The minimum Gasteiger partial charge on any atom is -0.309 e. The molecule has 9 rings (SSSR count). The minimum absolute atomic E-state index is 0.00723. The van der Waals surface area contributed by atoms with Gasteiger partial charge in [-0.3, -0.25) is 0 Å². The Balaban J connectivity index is 1.33. The number of hydrogen-bond donors (Lipinski definition) is 0. The Morgan fingerprint density at radius 1 is 0.446 bits per heavy atom. The third kappa shape index (κ3) is 5.38. The molecule has 2 heteroatoms. The van der Waals surface area contributed by atoms with E-state index in [9.17, 15) is 0 Å². The second-order valence-electron chi connectivity index (χ2n) is 20.7. The maximum Gasteiger partial charge on any atom is 0.0640 e. The summed E-state index contributed by atoms with van der Waals surface area (Å²) in [6, 6.07) is 42.5. The highest BCUT2D eigenvalue weighted by Crippen LogP contribution is 2.56. The summed E-state index contributed by atoms with van der Waals surface area (Å²) in [5, 5.41) is 2.71. The van der Waals surface area contributed by atoms with Gasteiger partial charge in [0.1, 0.15) is 0 Å². The molecule has 0 amide bonds. The van der Waals surface area contributed by atoms with Gasteiger partial charge in [-0.05, 0) is 114 Å². The number of hydrogen-bond acceptors (Lipinski definition) is 2. The Bertz CT molecular complexity index is 2750. The summed E-state index contributed by atoms with van der Waals surface area (Å²) >= 11 is 1.97. The molecule has 0 unspecified atom stereocenters. The van der Waals surface area contributed by atoms with Crippen LogP contribution in [0.2, 0.25) is 0 Å². The van der Waals surface area contributed by atoms with Gasteiger partial charge >= 0.3 is 0 Å². The Kier molecular flexibility index (Phi) is 7.87. The number of rotatable bonds is 3. The Hall–Kier alpha value is -4.66. The van der Waals surface area contributed by atoms with Crippen LogP contribution in [-0.2, 0) is 27.1 Å². The summed E-state index contributed by atoms with van der Waals surface area (Å²) in [5.74, 6) is 0. The van der Waals surface area contributed by atoms with Crippen molar-refractivity contribution in [3.8, 4) is 22.3 Å². The van der Waals surface area contributed by atoms with Crippen molar-refractivity contribution in [1.82, 2.24) is 0 Å². The number of nitrogens with zero attached hydrogens (tertiary/aromatic N) is 1. The summed E-state index contributed by atoms with van der Waals surface area (Å²) in [7, 11) is 0. The van der Waals surface area contributed by atoms with E-state index in [-0.39, 0.29) is 27.1 Å². The lowest BCUT2D eigenvalue weighted by atomic mass is 9.79. The van der Waals surface area contributed by atoms with Crippen LogP contribution in [0.15, 0.2) is 109 Å². The predicted molar refractivity (Wildman–Crippen MR) is 245 cm³/mol. The van der Waals surface area contributed by atoms with Crippen molar-refractivity contribution in [2.24, 2.45) is 0 Å². The molecule has 1 aromatic heterocycles. The molecule has 7 aromatic rings. The lowest BCUT2D eigenvalue weighted by molar-refractivity contribution is 0.573. The minimum atomic E-state index is -0.135. The van der Waals surface area contributed by atoms with Crippen LogP contribution in [0.4, 0.5) is 17.1 Å². The van der Waals surface area contributed by atoms with E-state index >= 15 is 0 Å². The van der Waals surface area contributed by atoms with Gasteiger partial charge in [0.25, 0.3) is 0 Å². The highest BCUT2D eigenvalue weighted by Gasteiger charge is 2.40. The number of anilines is 3. The largest absolute Gasteiger partial charge is 0.309 e. The number of thiophene rings is 1. The molecule has 56 heavy (non-hydrogen) atoms. The van der Waals surface area contributed by atoms with Gasteiger partial charge in [-0.1, -0.05) is 163 Å². The average Bonchev–Trinajstić information content (AvgIpc) is 3.70. The summed E-state index contributed by atoms with van der Waals surface area (Å²) in [6.45, 7) is 30.8. The third-order valence-electron chi connectivity index (χ3n) is 13.1. The molecule has 1 heterocycles. The van der Waals surface area contributed by atoms with Gasteiger partial charge in [-0.2, -0.15) is 0 Å². The van der Waals surface area contributed by atoms with Crippen molar-refractivity contribution < 1.29 is 0 Å². The topological polar surface area (TPSA) is 3.24 Å². The summed E-state index contributed by atoms with van der Waals surface area (Å²) in [4.78, 5) is 2.57. The molecular weight excluding hydrogens is 695 g/mol. The SMILES string of the molecule is CC(C)(C)c1cc(C(C)(C)C)c2sc3c(N(c4ccc5c(c4)C(C)(C)c4ccccc4-5)c4ccc5c(c4)C(C)(C)c4cccc(C(C)(C)C)c4-5)cccc3c2c1. The Morgan fingerprint density at radius 3 is 1.68 bits per heavy atom. The Morgan fingerprint density at radius 2 is 1.02 bits per heavy atom. The quantitative estimate of drug-likeness (QED) is 0.174. The second-order valence-corrected chi connectivity index (χ2v) is 21.7. The zero-order valence-electron chi connectivity index (χ0n) is 35.7. The molecule has 0 aliphatic heterocycles. The zero-order valence-corrected chi connectivity index (χ0v) is 36.6. The number of benzene rings is 6. The van der Waals surface area contributed by atoms with Crippen LogP contribution in [0, 0.1) is 0 Å². The van der Waals surface area contributed by atoms with Crippen molar-refractivity contribution in [3.63, 3.8) is 0 Å². The first kappa shape index (κ1) is 36.9. The van der Waals surface area contributed by atoms with Crippen LogP contribution in [-0.4, -0.2) is 0 Å². The summed E-state index contributed by atoms with van der Waals surface area (Å²) in [6.07, 6.45) is 0. The molecule has 2 aliphatic carbocycles. The third-order valence-corrected chi connectivity index (χ3v) is 14.3. The van der Waals surface area contributed by atoms with Crippen molar-refractivity contribution in [2.75, 3.05) is 4.90 Å². The van der Waals surface area contributed by atoms with E-state index in [0.717, 1.165) is 0 Å². The van der Waals surface area contributed by atoms with E-state index in [1.165, 1.54) is 98.4 Å². The van der Waals surface area contributed by atoms with Crippen LogP contribution in [0.5, 0.6) is 0 Å². The van der Waals surface area contributed by atoms with Gasteiger partial charge in [-0.15, -0.1) is 11.3 Å². The fourth-order valence-corrected chi connectivity index (χ4v) is 11.4. The molecular formula is C54H57NS. The summed E-state index contributed by atoms with van der Waals surface area (Å²) < 4.78 is 2.74. The van der Waals surface area contributed by atoms with Crippen molar-refractivity contribution >= 4 is 48.6 Å². The smallest absolute Gasteiger partial charge is 0.0640 e. The van der Waals surface area contributed by atoms with Gasteiger partial charge in [0.15, 0.2) is 0 Å². The monoisotopic (exact) mass is 751 g/mol. The van der Waals surface area contributed by atoms with Gasteiger partial charge in [0, 0.05) is 37.7 Å². The molecule has 0 saturated heterocycles. The Labute approximate surface area is 339 Å². The van der Waals surface area contributed by atoms with Crippen LogP contribution in [0.25, 0.3) is 42.4 Å². The van der Waals surface area contributed by atoms with E-state index in [0.29, 0.717) is 0 Å². The van der Waals surface area contributed by atoms with Crippen LogP contribution in [0.3, 0.4) is 0 Å². The average molecular weight is 752 g/mol. The molecule has 0 bridgehead atoms. The molecule has 2 aliphatic rings. The second kappa shape index (κ2) is 11.9. The standard InChI is InChI=1S/C54H57NS/c1-50(2,3)32-28-39-37-19-16-23-46(49(37)56-48(39)45(29-32)52(7,8)9)55(33-24-26-36-35-18-14-15-20-40(35)53(10,11)43(36)30-33)34-25-27-38-44(31-34)54(12,13)42-22-17-21-41(47(38)42)51(4,5)6/h14-31H,1-13H3. The van der Waals surface area contributed by atoms with Gasteiger partial charge in [0.2, 0.25) is 0 Å². The molecule has 6 aromatic carbocycles. The van der Waals surface area contributed by atoms with Gasteiger partial charge < -0.3 is 4.90 Å². The molecule has 0 fully saturated rings. The number of fused-ring (bicyclic) bond motifs is 9. The molecule has 0 radical (unpaired) electrons. The molecule has 284 valence electrons. The fraction of sp³-hybridized carbons (Fsp3) is 0.333. The first-order valence-corrected chi connectivity index (χ1v) is 21.3. The first-order valence-electron chi connectivity index (χ1n) is 20.5. The predicted octanol–water partition coefficient (Wildman–Crippen LogP) is 16.0. The van der Waals surface area contributed by atoms with Gasteiger partial charge in [-0.25, -0.2) is 0 Å². The van der Waals surface area contributed by atoms with E-state index in [2.05, 4.69) is 204 Å². The molecule has 0 saturated carbocycles. The van der Waals surface area contributed by atoms with E-state index in [1.807, 2.05) is 11.3 Å². The van der Waals surface area contributed by atoms with E-state index in [1.54, 1.807) is 0 Å². The summed E-state index contributed by atoms with van der Waals surface area (Å²) in [5.41, 5.74) is 18.8. The fourth-order valence-electron chi connectivity index (χ4n) is 9.85. The molecule has 1 nitrogen and oxygen atoms in total. The molecule has 0 spiro atoms. The zero-order chi connectivity index (χ0) is 39.9. The van der Waals surface area contributed by atoms with E-state index < -0.39 is 0 Å².